The van der Waals surface area contributed by atoms with E-state index < -0.39 is 18.6 Å². The molecule has 0 fully saturated rings. The molecule has 1 atom stereocenters. The zero-order valence-electron chi connectivity index (χ0n) is 10.0. The number of nitrogens with zero attached hydrogens (tertiary/aromatic N) is 2. The fourth-order valence-corrected chi connectivity index (χ4v) is 1.42. The lowest BCUT2D eigenvalue weighted by Crippen LogP contribution is -2.24. The molecule has 0 aromatic carbocycles. The Balaban J connectivity index is 2.65. The van der Waals surface area contributed by atoms with Gasteiger partial charge >= 0.3 is 6.18 Å². The normalized spacial score (nSPS) is 13.8. The van der Waals surface area contributed by atoms with E-state index in [1.165, 1.54) is 13.3 Å². The molecule has 1 aromatic rings. The van der Waals surface area contributed by atoms with Crippen molar-refractivity contribution in [2.24, 2.45) is 0 Å². The first-order valence-electron chi connectivity index (χ1n) is 5.43. The molecule has 1 aromatic heterocycles. The van der Waals surface area contributed by atoms with Crippen molar-refractivity contribution in [3.8, 4) is 0 Å². The molecule has 0 aliphatic rings. The number of hydrogen-bond acceptors (Lipinski definition) is 3. The fourth-order valence-electron chi connectivity index (χ4n) is 1.42. The first-order chi connectivity index (χ1) is 7.78. The summed E-state index contributed by atoms with van der Waals surface area (Å²) in [6, 6.07) is 0.974. The van der Waals surface area contributed by atoms with E-state index in [9.17, 15) is 13.2 Å². The topological polar surface area (TPSA) is 37.8 Å². The van der Waals surface area contributed by atoms with E-state index in [0.29, 0.717) is 5.82 Å². The SMILES string of the molecule is CC(CC(F)(F)F)Nc1cc(C(C)C)ncn1. The summed E-state index contributed by atoms with van der Waals surface area (Å²) in [7, 11) is 0. The maximum absolute atomic E-state index is 12.1. The van der Waals surface area contributed by atoms with Crippen LogP contribution in [0.5, 0.6) is 0 Å². The lowest BCUT2D eigenvalue weighted by molar-refractivity contribution is -0.136. The molecule has 96 valence electrons. The Morgan fingerprint density at radius 2 is 1.88 bits per heavy atom. The van der Waals surface area contributed by atoms with Gasteiger partial charge in [-0.25, -0.2) is 9.97 Å². The maximum atomic E-state index is 12.1. The number of anilines is 1. The third-order valence-corrected chi connectivity index (χ3v) is 2.21. The maximum Gasteiger partial charge on any atom is 0.391 e. The van der Waals surface area contributed by atoms with Gasteiger partial charge < -0.3 is 5.32 Å². The van der Waals surface area contributed by atoms with Gasteiger partial charge in [-0.2, -0.15) is 13.2 Å². The van der Waals surface area contributed by atoms with E-state index in [-0.39, 0.29) is 5.92 Å². The molecule has 0 spiro atoms. The van der Waals surface area contributed by atoms with Crippen molar-refractivity contribution in [2.45, 2.75) is 45.3 Å². The summed E-state index contributed by atoms with van der Waals surface area (Å²) in [4.78, 5) is 7.95. The number of rotatable bonds is 4. The third-order valence-electron chi connectivity index (χ3n) is 2.21. The van der Waals surface area contributed by atoms with Crippen LogP contribution in [0.2, 0.25) is 0 Å². The van der Waals surface area contributed by atoms with Gasteiger partial charge in [-0.1, -0.05) is 13.8 Å². The highest BCUT2D eigenvalue weighted by molar-refractivity contribution is 5.36. The van der Waals surface area contributed by atoms with Crippen LogP contribution in [-0.4, -0.2) is 22.2 Å². The molecule has 3 nitrogen and oxygen atoms in total. The smallest absolute Gasteiger partial charge is 0.367 e. The van der Waals surface area contributed by atoms with E-state index in [2.05, 4.69) is 15.3 Å². The molecular weight excluding hydrogens is 231 g/mol. The molecule has 0 amide bonds. The van der Waals surface area contributed by atoms with Gasteiger partial charge in [-0.05, 0) is 12.8 Å². The van der Waals surface area contributed by atoms with E-state index in [4.69, 9.17) is 0 Å². The van der Waals surface area contributed by atoms with Crippen LogP contribution in [0, 0.1) is 0 Å². The highest BCUT2D eigenvalue weighted by Gasteiger charge is 2.30. The summed E-state index contributed by atoms with van der Waals surface area (Å²) in [6.07, 6.45) is -3.69. The van der Waals surface area contributed by atoms with E-state index >= 15 is 0 Å². The van der Waals surface area contributed by atoms with Crippen LogP contribution < -0.4 is 5.32 Å². The minimum atomic E-state index is -4.17. The minimum Gasteiger partial charge on any atom is -0.367 e. The molecule has 0 saturated carbocycles. The molecule has 0 radical (unpaired) electrons. The van der Waals surface area contributed by atoms with Crippen molar-refractivity contribution in [1.82, 2.24) is 9.97 Å². The molecule has 1 heterocycles. The van der Waals surface area contributed by atoms with Crippen LogP contribution in [0.1, 0.15) is 38.8 Å². The van der Waals surface area contributed by atoms with Crippen LogP contribution in [0.3, 0.4) is 0 Å². The molecular formula is C11H16F3N3. The summed E-state index contributed by atoms with van der Waals surface area (Å²) in [5, 5.41) is 2.72. The molecule has 1 unspecified atom stereocenters. The van der Waals surface area contributed by atoms with Crippen LogP contribution in [0.15, 0.2) is 12.4 Å². The van der Waals surface area contributed by atoms with Crippen molar-refractivity contribution in [1.29, 1.82) is 0 Å². The molecule has 0 saturated heterocycles. The average Bonchev–Trinajstić information content (AvgIpc) is 2.14. The molecule has 1 N–H and O–H groups in total. The molecule has 0 aliphatic carbocycles. The summed E-state index contributed by atoms with van der Waals surface area (Å²) in [6.45, 7) is 5.40. The van der Waals surface area contributed by atoms with E-state index in [1.54, 1.807) is 6.07 Å². The summed E-state index contributed by atoms with van der Waals surface area (Å²) >= 11 is 0. The van der Waals surface area contributed by atoms with Gasteiger partial charge in [0.25, 0.3) is 0 Å². The minimum absolute atomic E-state index is 0.219. The average molecular weight is 247 g/mol. The van der Waals surface area contributed by atoms with Gasteiger partial charge in [0, 0.05) is 17.8 Å². The second kappa shape index (κ2) is 5.33. The highest BCUT2D eigenvalue weighted by atomic mass is 19.4. The van der Waals surface area contributed by atoms with Crippen LogP contribution >= 0.6 is 0 Å². The van der Waals surface area contributed by atoms with Crippen molar-refractivity contribution in [2.75, 3.05) is 5.32 Å². The molecule has 17 heavy (non-hydrogen) atoms. The van der Waals surface area contributed by atoms with Gasteiger partial charge in [-0.3, -0.25) is 0 Å². The lowest BCUT2D eigenvalue weighted by atomic mass is 10.1. The Bertz CT molecular complexity index is 363. The Hall–Kier alpha value is -1.33. The first kappa shape index (κ1) is 13.7. The quantitative estimate of drug-likeness (QED) is 0.886. The van der Waals surface area contributed by atoms with Crippen molar-refractivity contribution < 1.29 is 13.2 Å². The summed E-state index contributed by atoms with van der Waals surface area (Å²) in [5.74, 6) is 0.650. The molecule has 1 rings (SSSR count). The fraction of sp³-hybridized carbons (Fsp3) is 0.636. The molecule has 6 heteroatoms. The number of hydrogen-bond donors (Lipinski definition) is 1. The zero-order chi connectivity index (χ0) is 13.1. The Morgan fingerprint density at radius 3 is 2.41 bits per heavy atom. The van der Waals surface area contributed by atoms with Gasteiger partial charge in [0.2, 0.25) is 0 Å². The number of halogens is 3. The van der Waals surface area contributed by atoms with Gasteiger partial charge in [0.05, 0.1) is 6.42 Å². The molecule has 0 aliphatic heterocycles. The van der Waals surface area contributed by atoms with Gasteiger partial charge in [0.1, 0.15) is 12.1 Å². The first-order valence-corrected chi connectivity index (χ1v) is 5.43. The highest BCUT2D eigenvalue weighted by Crippen LogP contribution is 2.23. The van der Waals surface area contributed by atoms with Crippen molar-refractivity contribution in [3.05, 3.63) is 18.1 Å². The number of nitrogens with one attached hydrogen (secondary N) is 1. The summed E-state index contributed by atoms with van der Waals surface area (Å²) < 4.78 is 36.4. The van der Waals surface area contributed by atoms with Crippen LogP contribution in [0.4, 0.5) is 19.0 Å². The predicted octanol–water partition coefficient (Wildman–Crippen LogP) is 3.35. The van der Waals surface area contributed by atoms with E-state index in [0.717, 1.165) is 5.69 Å². The Morgan fingerprint density at radius 1 is 1.24 bits per heavy atom. The van der Waals surface area contributed by atoms with Crippen molar-refractivity contribution in [3.63, 3.8) is 0 Å². The summed E-state index contributed by atoms with van der Waals surface area (Å²) in [5.41, 5.74) is 0.807. The Labute approximate surface area is 98.5 Å². The zero-order valence-corrected chi connectivity index (χ0v) is 10.0. The van der Waals surface area contributed by atoms with E-state index in [1.807, 2.05) is 13.8 Å². The molecule has 0 bridgehead atoms. The largest absolute Gasteiger partial charge is 0.391 e. The van der Waals surface area contributed by atoms with Gasteiger partial charge in [0.15, 0.2) is 0 Å². The number of aromatic nitrogens is 2. The standard InChI is InChI=1S/C11H16F3N3/c1-7(2)9-4-10(16-6-15-9)17-8(3)5-11(12,13)14/h4,6-8H,5H2,1-3H3,(H,15,16,17). The van der Waals surface area contributed by atoms with Crippen LogP contribution in [0.25, 0.3) is 0 Å². The second-order valence-electron chi connectivity index (χ2n) is 4.35. The Kier molecular flexibility index (Phi) is 4.31. The third kappa shape index (κ3) is 5.01. The predicted molar refractivity (Wildman–Crippen MR) is 59.9 cm³/mol. The van der Waals surface area contributed by atoms with Gasteiger partial charge in [-0.15, -0.1) is 0 Å². The second-order valence-corrected chi connectivity index (χ2v) is 4.35. The van der Waals surface area contributed by atoms with Crippen LogP contribution in [-0.2, 0) is 0 Å². The monoisotopic (exact) mass is 247 g/mol. The lowest BCUT2D eigenvalue weighted by Gasteiger charge is -2.16. The van der Waals surface area contributed by atoms with Crippen molar-refractivity contribution >= 4 is 5.82 Å². The number of alkyl halides is 3.